The van der Waals surface area contributed by atoms with Crippen LogP contribution in [0.5, 0.6) is 0 Å². The third kappa shape index (κ3) is 15.0. The SMILES string of the molecule is CSCCC(N)CSSCC(Cc1ccsc1)C(=O)NC(C)C(=O)OCC(COC(C)=O)OC(C)=O. The minimum Gasteiger partial charge on any atom is -0.462 e. The van der Waals surface area contributed by atoms with E-state index in [1.165, 1.54) is 20.8 Å². The number of carbonyl (C=O) groups is 4. The first-order valence-electron chi connectivity index (χ1n) is 11.4. The number of ether oxygens (including phenoxy) is 3. The van der Waals surface area contributed by atoms with Crippen molar-refractivity contribution >= 4 is 68.5 Å². The highest BCUT2D eigenvalue weighted by atomic mass is 33.1. The highest BCUT2D eigenvalue weighted by Crippen LogP contribution is 2.27. The Kier molecular flexibility index (Phi) is 17.0. The lowest BCUT2D eigenvalue weighted by atomic mass is 10.0. The fourth-order valence-electron chi connectivity index (χ4n) is 2.79. The zero-order valence-corrected chi connectivity index (χ0v) is 24.3. The Bertz CT molecular complexity index is 810. The third-order valence-electron chi connectivity index (χ3n) is 4.69. The molecule has 4 unspecified atom stereocenters. The van der Waals surface area contributed by atoms with E-state index in [1.54, 1.807) is 44.7 Å². The molecule has 0 radical (unpaired) electrons. The Hall–Kier alpha value is -1.41. The molecular weight excluding hydrogens is 545 g/mol. The first kappa shape index (κ1) is 32.6. The van der Waals surface area contributed by atoms with Crippen molar-refractivity contribution in [3.05, 3.63) is 22.4 Å². The van der Waals surface area contributed by atoms with Gasteiger partial charge in [-0.05, 0) is 54.2 Å². The molecule has 0 aliphatic heterocycles. The maximum Gasteiger partial charge on any atom is 0.328 e. The molecule has 4 atom stereocenters. The van der Waals surface area contributed by atoms with Crippen LogP contribution in [0.15, 0.2) is 16.8 Å². The van der Waals surface area contributed by atoms with Gasteiger partial charge in [0.2, 0.25) is 5.91 Å². The van der Waals surface area contributed by atoms with Crippen LogP contribution in [0.4, 0.5) is 0 Å². The summed E-state index contributed by atoms with van der Waals surface area (Å²) >= 11 is 3.34. The van der Waals surface area contributed by atoms with E-state index in [2.05, 4.69) is 11.6 Å². The van der Waals surface area contributed by atoms with Crippen molar-refractivity contribution in [2.75, 3.05) is 36.7 Å². The summed E-state index contributed by atoms with van der Waals surface area (Å²) in [5.74, 6) is -0.0173. The number of esters is 3. The van der Waals surface area contributed by atoms with Crippen LogP contribution in [0, 0.1) is 5.92 Å². The van der Waals surface area contributed by atoms with Gasteiger partial charge in [0.15, 0.2) is 6.10 Å². The van der Waals surface area contributed by atoms with E-state index in [1.807, 2.05) is 16.8 Å². The molecule has 9 nitrogen and oxygen atoms in total. The molecule has 0 bridgehead atoms. The van der Waals surface area contributed by atoms with E-state index in [0.29, 0.717) is 12.2 Å². The molecule has 1 aromatic rings. The van der Waals surface area contributed by atoms with E-state index in [0.717, 1.165) is 23.5 Å². The summed E-state index contributed by atoms with van der Waals surface area (Å²) in [6.45, 7) is 3.42. The molecule has 0 saturated carbocycles. The first-order chi connectivity index (χ1) is 17.1. The molecule has 1 heterocycles. The number of rotatable bonds is 18. The number of thiophene rings is 1. The maximum atomic E-state index is 13.0. The summed E-state index contributed by atoms with van der Waals surface area (Å²) in [6, 6.07) is 1.19. The largest absolute Gasteiger partial charge is 0.462 e. The Morgan fingerprint density at radius 2 is 1.78 bits per heavy atom. The fraction of sp³-hybridized carbons (Fsp3) is 0.652. The van der Waals surface area contributed by atoms with Crippen molar-refractivity contribution in [2.24, 2.45) is 11.7 Å². The molecule has 0 aliphatic rings. The molecule has 0 spiro atoms. The Labute approximate surface area is 229 Å². The number of hydrogen-bond acceptors (Lipinski definition) is 12. The molecule has 13 heteroatoms. The zero-order chi connectivity index (χ0) is 26.9. The van der Waals surface area contributed by atoms with Crippen molar-refractivity contribution in [2.45, 2.75) is 51.8 Å². The minimum atomic E-state index is -0.930. The van der Waals surface area contributed by atoms with Gasteiger partial charge in [0.1, 0.15) is 19.3 Å². The molecule has 0 fully saturated rings. The minimum absolute atomic E-state index is 0.116. The average Bonchev–Trinajstić information content (AvgIpc) is 3.33. The summed E-state index contributed by atoms with van der Waals surface area (Å²) in [5, 5.41) is 6.70. The highest BCUT2D eigenvalue weighted by Gasteiger charge is 2.26. The van der Waals surface area contributed by atoms with Crippen LogP contribution in [0.25, 0.3) is 0 Å². The Balaban J connectivity index is 2.60. The molecule has 204 valence electrons. The molecule has 1 aromatic heterocycles. The van der Waals surface area contributed by atoms with Crippen LogP contribution >= 0.6 is 44.7 Å². The molecular formula is C23H36N2O7S4. The van der Waals surface area contributed by atoms with Crippen LogP contribution < -0.4 is 11.1 Å². The molecule has 3 N–H and O–H groups in total. The van der Waals surface area contributed by atoms with Crippen molar-refractivity contribution < 1.29 is 33.4 Å². The first-order valence-corrected chi connectivity index (χ1v) is 16.2. The summed E-state index contributed by atoms with van der Waals surface area (Å²) in [6.07, 6.45) is 2.63. The lowest BCUT2D eigenvalue weighted by Gasteiger charge is -2.21. The number of nitrogens with one attached hydrogen (secondary N) is 1. The summed E-state index contributed by atoms with van der Waals surface area (Å²) < 4.78 is 15.0. The Morgan fingerprint density at radius 3 is 2.39 bits per heavy atom. The summed E-state index contributed by atoms with van der Waals surface area (Å²) in [4.78, 5) is 47.8. The smallest absolute Gasteiger partial charge is 0.328 e. The predicted molar refractivity (Wildman–Crippen MR) is 148 cm³/mol. The lowest BCUT2D eigenvalue weighted by molar-refractivity contribution is -0.165. The number of amides is 1. The molecule has 0 aliphatic carbocycles. The van der Waals surface area contributed by atoms with Gasteiger partial charge < -0.3 is 25.3 Å². The van der Waals surface area contributed by atoms with Gasteiger partial charge in [-0.2, -0.15) is 23.1 Å². The third-order valence-corrected chi connectivity index (χ3v) is 8.65. The van der Waals surface area contributed by atoms with Crippen molar-refractivity contribution in [3.8, 4) is 0 Å². The van der Waals surface area contributed by atoms with E-state index < -0.39 is 30.1 Å². The normalized spacial score (nSPS) is 14.2. The molecule has 0 aromatic carbocycles. The van der Waals surface area contributed by atoms with E-state index in [-0.39, 0.29) is 31.1 Å². The number of nitrogens with two attached hydrogens (primary N) is 1. The van der Waals surface area contributed by atoms with Gasteiger partial charge in [-0.15, -0.1) is 0 Å². The van der Waals surface area contributed by atoms with Gasteiger partial charge in [0.25, 0.3) is 0 Å². The molecule has 36 heavy (non-hydrogen) atoms. The van der Waals surface area contributed by atoms with Gasteiger partial charge in [-0.1, -0.05) is 21.6 Å². The standard InChI is InChI=1S/C23H36N2O7S4/c1-15(23(29)31-11-21(32-17(3)27)10-30-16(2)26)25-22(28)19(9-18-5-8-34-12-18)13-35-36-14-20(24)6-7-33-4/h5,8,12,15,19-21H,6-7,9-11,13-14,24H2,1-4H3,(H,25,28). The lowest BCUT2D eigenvalue weighted by Crippen LogP contribution is -2.44. The van der Waals surface area contributed by atoms with Crippen LogP contribution in [0.3, 0.4) is 0 Å². The zero-order valence-electron chi connectivity index (χ0n) is 21.1. The van der Waals surface area contributed by atoms with Crippen molar-refractivity contribution in [1.29, 1.82) is 0 Å². The van der Waals surface area contributed by atoms with Crippen LogP contribution in [-0.2, 0) is 39.8 Å². The second-order valence-corrected chi connectivity index (χ2v) is 12.4. The monoisotopic (exact) mass is 580 g/mol. The van der Waals surface area contributed by atoms with Gasteiger partial charge in [0.05, 0.1) is 5.92 Å². The maximum absolute atomic E-state index is 13.0. The van der Waals surface area contributed by atoms with E-state index in [9.17, 15) is 19.2 Å². The van der Waals surface area contributed by atoms with E-state index in [4.69, 9.17) is 19.9 Å². The van der Waals surface area contributed by atoms with Gasteiger partial charge in [0, 0.05) is 31.4 Å². The quantitative estimate of drug-likeness (QED) is 0.115. The van der Waals surface area contributed by atoms with Gasteiger partial charge in [-0.3, -0.25) is 14.4 Å². The second-order valence-electron chi connectivity index (χ2n) is 8.04. The predicted octanol–water partition coefficient (Wildman–Crippen LogP) is 2.91. The van der Waals surface area contributed by atoms with Crippen LogP contribution in [0.1, 0.15) is 32.8 Å². The number of thioether (sulfide) groups is 1. The van der Waals surface area contributed by atoms with Crippen molar-refractivity contribution in [3.63, 3.8) is 0 Å². The summed E-state index contributed by atoms with van der Waals surface area (Å²) in [5.41, 5.74) is 7.19. The highest BCUT2D eigenvalue weighted by molar-refractivity contribution is 8.76. The fourth-order valence-corrected chi connectivity index (χ4v) is 6.57. The Morgan fingerprint density at radius 1 is 1.08 bits per heavy atom. The molecule has 1 amide bonds. The summed E-state index contributed by atoms with van der Waals surface area (Å²) in [7, 11) is 3.26. The van der Waals surface area contributed by atoms with Crippen molar-refractivity contribution in [1.82, 2.24) is 5.32 Å². The topological polar surface area (TPSA) is 134 Å². The van der Waals surface area contributed by atoms with Gasteiger partial charge in [-0.25, -0.2) is 4.79 Å². The van der Waals surface area contributed by atoms with Crippen LogP contribution in [0.2, 0.25) is 0 Å². The van der Waals surface area contributed by atoms with Gasteiger partial charge >= 0.3 is 17.9 Å². The number of carbonyl (C=O) groups excluding carboxylic acids is 4. The molecule has 1 rings (SSSR count). The van der Waals surface area contributed by atoms with E-state index >= 15 is 0 Å². The second kappa shape index (κ2) is 18.8. The van der Waals surface area contributed by atoms with Crippen LogP contribution in [-0.4, -0.2) is 78.7 Å². The average molecular weight is 581 g/mol. The molecule has 0 saturated heterocycles. The number of hydrogen-bond donors (Lipinski definition) is 2.